The lowest BCUT2D eigenvalue weighted by Gasteiger charge is -2.24. The van der Waals surface area contributed by atoms with Gasteiger partial charge in [0, 0.05) is 22.6 Å². The Morgan fingerprint density at radius 2 is 1.41 bits per heavy atom. The third-order valence-corrected chi connectivity index (χ3v) is 7.67. The molecule has 1 fully saturated rings. The minimum Gasteiger partial charge on any atom is -0.425 e. The predicted octanol–water partition coefficient (Wildman–Crippen LogP) is 5.92. The van der Waals surface area contributed by atoms with E-state index >= 15 is 0 Å². The van der Waals surface area contributed by atoms with Gasteiger partial charge in [-0.2, -0.15) is 0 Å². The van der Waals surface area contributed by atoms with E-state index < -0.39 is 22.7 Å². The molecule has 166 valence electrons. The third-order valence-electron chi connectivity index (χ3n) is 7.67. The van der Waals surface area contributed by atoms with Crippen molar-refractivity contribution < 1.29 is 19.1 Å². The maximum atomic E-state index is 14.1. The number of Topliss-reactive ketones (excluding diaryl/α,β-unsaturated/α-hetero) is 2. The lowest BCUT2D eigenvalue weighted by atomic mass is 9.82. The van der Waals surface area contributed by atoms with Gasteiger partial charge >= 0.3 is 5.97 Å². The molecule has 1 saturated carbocycles. The summed E-state index contributed by atoms with van der Waals surface area (Å²) in [5.41, 5.74) is -0.230. The van der Waals surface area contributed by atoms with Crippen LogP contribution in [-0.2, 0) is 4.79 Å². The van der Waals surface area contributed by atoms with E-state index in [1.165, 1.54) is 0 Å². The molecule has 2 aliphatic rings. The fraction of sp³-hybridized carbons (Fsp3) is 0.167. The molecular formula is C30H22O4. The number of ketones is 2. The van der Waals surface area contributed by atoms with Gasteiger partial charge in [-0.25, -0.2) is 0 Å². The van der Waals surface area contributed by atoms with Gasteiger partial charge in [0.05, 0.1) is 5.41 Å². The molecule has 0 radical (unpaired) electrons. The largest absolute Gasteiger partial charge is 0.425 e. The monoisotopic (exact) mass is 446 g/mol. The highest BCUT2D eigenvalue weighted by atomic mass is 16.5. The summed E-state index contributed by atoms with van der Waals surface area (Å²) in [5.74, 6) is -1.45. The number of rotatable bonds is 4. The normalized spacial score (nSPS) is 24.6. The molecular weight excluding hydrogens is 424 g/mol. The van der Waals surface area contributed by atoms with Crippen LogP contribution in [0.1, 0.15) is 44.7 Å². The van der Waals surface area contributed by atoms with Crippen LogP contribution in [-0.4, -0.2) is 17.5 Å². The van der Waals surface area contributed by atoms with E-state index in [9.17, 15) is 14.4 Å². The average Bonchev–Trinajstić information content (AvgIpc) is 3.46. The molecule has 1 aliphatic carbocycles. The van der Waals surface area contributed by atoms with E-state index in [0.29, 0.717) is 16.9 Å². The summed E-state index contributed by atoms with van der Waals surface area (Å²) in [5, 5.41) is 1.86. The minimum atomic E-state index is -1.62. The van der Waals surface area contributed by atoms with Crippen LogP contribution in [0.4, 0.5) is 0 Å². The zero-order valence-electron chi connectivity index (χ0n) is 18.9. The second kappa shape index (κ2) is 6.97. The zero-order valence-corrected chi connectivity index (χ0v) is 18.9. The maximum Gasteiger partial charge on any atom is 0.327 e. The van der Waals surface area contributed by atoms with Crippen molar-refractivity contribution in [1.82, 2.24) is 0 Å². The topological polar surface area (TPSA) is 60.4 Å². The van der Waals surface area contributed by atoms with Gasteiger partial charge in [0.15, 0.2) is 17.0 Å². The molecule has 0 aromatic heterocycles. The number of aryl methyl sites for hydroxylation is 1. The van der Waals surface area contributed by atoms with Gasteiger partial charge in [0.2, 0.25) is 0 Å². The lowest BCUT2D eigenvalue weighted by molar-refractivity contribution is -0.140. The smallest absolute Gasteiger partial charge is 0.327 e. The Bertz CT molecular complexity index is 1500. The first-order chi connectivity index (χ1) is 16.4. The SMILES string of the molecule is Cc1ccc(C(=O)[C@]2(C)[C@@H]3c4c(ccc5ccccc45)OC(=O)[C@@]32C(=O)c2ccccc2)cc1. The molecule has 0 bridgehead atoms. The predicted molar refractivity (Wildman–Crippen MR) is 129 cm³/mol. The van der Waals surface area contributed by atoms with Crippen LogP contribution in [0.5, 0.6) is 5.75 Å². The van der Waals surface area contributed by atoms with Gasteiger partial charge in [-0.05, 0) is 23.8 Å². The molecule has 0 amide bonds. The first-order valence-electron chi connectivity index (χ1n) is 11.4. The van der Waals surface area contributed by atoms with Crippen molar-refractivity contribution in [3.8, 4) is 5.75 Å². The molecule has 0 N–H and O–H groups in total. The van der Waals surface area contributed by atoms with Crippen LogP contribution < -0.4 is 4.74 Å². The van der Waals surface area contributed by atoms with Crippen molar-refractivity contribution in [2.45, 2.75) is 19.8 Å². The second-order valence-corrected chi connectivity index (χ2v) is 9.42. The van der Waals surface area contributed by atoms with Crippen LogP contribution in [0.25, 0.3) is 10.8 Å². The third kappa shape index (κ3) is 2.45. The van der Waals surface area contributed by atoms with Crippen molar-refractivity contribution in [1.29, 1.82) is 0 Å². The van der Waals surface area contributed by atoms with E-state index in [-0.39, 0.29) is 11.6 Å². The Morgan fingerprint density at radius 1 is 0.765 bits per heavy atom. The Labute approximate surface area is 197 Å². The maximum absolute atomic E-state index is 14.1. The van der Waals surface area contributed by atoms with Crippen molar-refractivity contribution in [2.24, 2.45) is 10.8 Å². The van der Waals surface area contributed by atoms with Crippen LogP contribution in [0.15, 0.2) is 91.0 Å². The quantitative estimate of drug-likeness (QED) is 0.169. The van der Waals surface area contributed by atoms with E-state index in [1.807, 2.05) is 55.5 Å². The molecule has 0 saturated heterocycles. The van der Waals surface area contributed by atoms with Crippen molar-refractivity contribution >= 4 is 28.3 Å². The molecule has 1 heterocycles. The number of hydrogen-bond acceptors (Lipinski definition) is 4. The van der Waals surface area contributed by atoms with Gasteiger partial charge in [-0.3, -0.25) is 14.4 Å². The highest BCUT2D eigenvalue weighted by Gasteiger charge is 2.87. The van der Waals surface area contributed by atoms with Crippen molar-refractivity contribution in [3.05, 3.63) is 113 Å². The minimum absolute atomic E-state index is 0.223. The highest BCUT2D eigenvalue weighted by Crippen LogP contribution is 2.79. The summed E-state index contributed by atoms with van der Waals surface area (Å²) in [6.07, 6.45) is 0. The van der Waals surface area contributed by atoms with Gasteiger partial charge < -0.3 is 4.74 Å². The summed E-state index contributed by atoms with van der Waals surface area (Å²) >= 11 is 0. The molecule has 0 spiro atoms. The van der Waals surface area contributed by atoms with Crippen LogP contribution in [0.2, 0.25) is 0 Å². The first kappa shape index (κ1) is 20.5. The van der Waals surface area contributed by atoms with Gasteiger partial charge in [0.25, 0.3) is 0 Å². The van der Waals surface area contributed by atoms with Crippen molar-refractivity contribution in [2.75, 3.05) is 0 Å². The van der Waals surface area contributed by atoms with E-state index in [4.69, 9.17) is 4.74 Å². The molecule has 4 nitrogen and oxygen atoms in total. The van der Waals surface area contributed by atoms with Gasteiger partial charge in [-0.15, -0.1) is 0 Å². The second-order valence-electron chi connectivity index (χ2n) is 9.42. The van der Waals surface area contributed by atoms with Crippen LogP contribution in [0, 0.1) is 17.8 Å². The Morgan fingerprint density at radius 3 is 2.15 bits per heavy atom. The molecule has 4 aromatic rings. The zero-order chi connectivity index (χ0) is 23.7. The molecule has 34 heavy (non-hydrogen) atoms. The molecule has 4 aromatic carbocycles. The summed E-state index contributed by atoms with van der Waals surface area (Å²) in [7, 11) is 0. The number of carbonyl (C=O) groups is 3. The van der Waals surface area contributed by atoms with Gasteiger partial charge in [-0.1, -0.05) is 97.4 Å². The van der Waals surface area contributed by atoms with Gasteiger partial charge in [0.1, 0.15) is 5.75 Å². The lowest BCUT2D eigenvalue weighted by Crippen LogP contribution is -2.39. The summed E-state index contributed by atoms with van der Waals surface area (Å²) in [6.45, 7) is 3.70. The molecule has 1 aliphatic heterocycles. The first-order valence-corrected chi connectivity index (χ1v) is 11.4. The summed E-state index contributed by atoms with van der Waals surface area (Å²) in [4.78, 5) is 41.8. The summed E-state index contributed by atoms with van der Waals surface area (Å²) < 4.78 is 5.83. The van der Waals surface area contributed by atoms with Crippen LogP contribution >= 0.6 is 0 Å². The number of hydrogen-bond donors (Lipinski definition) is 0. The number of ether oxygens (including phenoxy) is 1. The van der Waals surface area contributed by atoms with E-state index in [1.54, 1.807) is 49.4 Å². The molecule has 3 atom stereocenters. The number of esters is 1. The Balaban J connectivity index is 1.63. The Hall–Kier alpha value is -4.05. The standard InChI is InChI=1S/C30H22O4/c1-18-12-14-21(15-13-18)26(31)29(2)25-24-22-11-7-6-8-19(22)16-17-23(24)34-28(33)30(25,29)27(32)20-9-4-3-5-10-20/h3-17,25H,1-2H3/t25-,29-,30-/m0/s1. The average molecular weight is 447 g/mol. The number of benzene rings is 4. The molecule has 6 rings (SSSR count). The fourth-order valence-corrected chi connectivity index (χ4v) is 5.89. The number of carbonyl (C=O) groups excluding carboxylic acids is 3. The number of fused-ring (bicyclic) bond motifs is 5. The highest BCUT2D eigenvalue weighted by molar-refractivity contribution is 6.26. The molecule has 4 heteroatoms. The fourth-order valence-electron chi connectivity index (χ4n) is 5.89. The summed E-state index contributed by atoms with van der Waals surface area (Å²) in [6, 6.07) is 27.5. The van der Waals surface area contributed by atoms with E-state index in [2.05, 4.69) is 0 Å². The van der Waals surface area contributed by atoms with Crippen molar-refractivity contribution in [3.63, 3.8) is 0 Å². The molecule has 0 unspecified atom stereocenters. The van der Waals surface area contributed by atoms with E-state index in [0.717, 1.165) is 21.9 Å². The Kier molecular flexibility index (Phi) is 4.21. The van der Waals surface area contributed by atoms with Crippen LogP contribution in [0.3, 0.4) is 0 Å².